The van der Waals surface area contributed by atoms with Gasteiger partial charge in [-0.1, -0.05) is 60.2 Å². The van der Waals surface area contributed by atoms with Crippen molar-refractivity contribution in [3.05, 3.63) is 119 Å². The molecule has 0 bridgehead atoms. The molecule has 3 aromatic carbocycles. The van der Waals surface area contributed by atoms with Gasteiger partial charge in [0.1, 0.15) is 0 Å². The highest BCUT2D eigenvalue weighted by atomic mass is 32.2. The number of para-hydroxylation sites is 1. The minimum atomic E-state index is -3.89. The first-order valence-corrected chi connectivity index (χ1v) is 12.3. The van der Waals surface area contributed by atoms with E-state index in [1.807, 2.05) is 73.8 Å². The molecule has 5 nitrogen and oxygen atoms in total. The second-order valence-electron chi connectivity index (χ2n) is 8.38. The second kappa shape index (κ2) is 8.14. The molecule has 0 spiro atoms. The number of rotatable bonds is 4. The van der Waals surface area contributed by atoms with Crippen LogP contribution < -0.4 is 0 Å². The molecule has 4 aromatic rings. The van der Waals surface area contributed by atoms with Gasteiger partial charge >= 0.3 is 0 Å². The smallest absolute Gasteiger partial charge is 0.244 e. The number of sulfonamides is 1. The number of fused-ring (bicyclic) bond motifs is 3. The molecule has 33 heavy (non-hydrogen) atoms. The third-order valence-corrected chi connectivity index (χ3v) is 8.01. The maximum absolute atomic E-state index is 14.0. The van der Waals surface area contributed by atoms with Gasteiger partial charge in [0.05, 0.1) is 10.9 Å². The number of ketones is 1. The zero-order valence-electron chi connectivity index (χ0n) is 18.5. The zero-order valence-corrected chi connectivity index (χ0v) is 19.3. The van der Waals surface area contributed by atoms with Gasteiger partial charge in [-0.05, 0) is 55.3 Å². The number of benzene rings is 3. The fourth-order valence-corrected chi connectivity index (χ4v) is 6.00. The zero-order chi connectivity index (χ0) is 23.2. The summed E-state index contributed by atoms with van der Waals surface area (Å²) in [6.45, 7) is 3.71. The highest BCUT2D eigenvalue weighted by molar-refractivity contribution is 7.89. The van der Waals surface area contributed by atoms with Crippen molar-refractivity contribution in [2.24, 2.45) is 0 Å². The fraction of sp³-hybridized carbons (Fsp3) is 0.148. The molecule has 0 N–H and O–H groups in total. The van der Waals surface area contributed by atoms with Crippen LogP contribution in [-0.4, -0.2) is 23.1 Å². The van der Waals surface area contributed by atoms with Crippen LogP contribution in [0, 0.1) is 6.92 Å². The molecule has 1 aliphatic heterocycles. The summed E-state index contributed by atoms with van der Waals surface area (Å²) in [7, 11) is -3.89. The van der Waals surface area contributed by atoms with E-state index in [-0.39, 0.29) is 17.2 Å². The van der Waals surface area contributed by atoms with Crippen molar-refractivity contribution in [2.75, 3.05) is 0 Å². The minimum Gasteiger partial charge on any atom is -0.319 e. The Morgan fingerprint density at radius 3 is 2.27 bits per heavy atom. The van der Waals surface area contributed by atoms with Crippen LogP contribution in [0.15, 0.2) is 96.0 Å². The van der Waals surface area contributed by atoms with Crippen LogP contribution in [0.3, 0.4) is 0 Å². The molecule has 166 valence electrons. The number of hydrogen-bond acceptors (Lipinski definition) is 3. The topological polar surface area (TPSA) is 59.4 Å². The van der Waals surface area contributed by atoms with E-state index in [9.17, 15) is 13.2 Å². The van der Waals surface area contributed by atoms with E-state index >= 15 is 0 Å². The number of Topliss-reactive ketones (excluding diaryl/α,β-unsaturated/α-hetero) is 1. The molecule has 0 saturated carbocycles. The Morgan fingerprint density at radius 1 is 0.879 bits per heavy atom. The molecule has 6 heteroatoms. The van der Waals surface area contributed by atoms with Gasteiger partial charge in [0.2, 0.25) is 10.0 Å². The van der Waals surface area contributed by atoms with Gasteiger partial charge in [0, 0.05) is 29.7 Å². The van der Waals surface area contributed by atoms with E-state index in [2.05, 4.69) is 4.57 Å². The lowest BCUT2D eigenvalue weighted by molar-refractivity contribution is 0.101. The predicted octanol–water partition coefficient (Wildman–Crippen LogP) is 5.28. The van der Waals surface area contributed by atoms with Crippen LogP contribution in [0.5, 0.6) is 0 Å². The van der Waals surface area contributed by atoms with Crippen molar-refractivity contribution in [3.63, 3.8) is 0 Å². The lowest BCUT2D eigenvalue weighted by Gasteiger charge is -2.30. The van der Waals surface area contributed by atoms with Crippen molar-refractivity contribution in [3.8, 4) is 5.69 Å². The lowest BCUT2D eigenvalue weighted by atomic mass is 10.0. The Labute approximate surface area is 194 Å². The van der Waals surface area contributed by atoms with E-state index in [1.54, 1.807) is 16.4 Å². The Kier molecular flexibility index (Phi) is 5.27. The molecule has 0 saturated heterocycles. The first-order valence-electron chi connectivity index (χ1n) is 10.8. The largest absolute Gasteiger partial charge is 0.319 e. The number of aryl methyl sites for hydroxylation is 1. The van der Waals surface area contributed by atoms with Gasteiger partial charge in [-0.2, -0.15) is 4.31 Å². The summed E-state index contributed by atoms with van der Waals surface area (Å²) in [6.07, 6.45) is 1.98. The Balaban J connectivity index is 1.72. The molecular weight excluding hydrogens is 432 g/mol. The summed E-state index contributed by atoms with van der Waals surface area (Å²) in [6, 6.07) is 25.5. The highest BCUT2D eigenvalue weighted by Gasteiger charge is 2.37. The number of hydrogen-bond donors (Lipinski definition) is 0. The van der Waals surface area contributed by atoms with Gasteiger partial charge < -0.3 is 4.57 Å². The summed E-state index contributed by atoms with van der Waals surface area (Å²) in [5.41, 5.74) is 5.28. The maximum atomic E-state index is 14.0. The van der Waals surface area contributed by atoms with Crippen molar-refractivity contribution in [2.45, 2.75) is 31.3 Å². The first kappa shape index (κ1) is 21.4. The average molecular weight is 457 g/mol. The number of aromatic nitrogens is 1. The molecule has 5 rings (SSSR count). The first-order chi connectivity index (χ1) is 15.9. The van der Waals surface area contributed by atoms with Gasteiger partial charge in [-0.25, -0.2) is 8.42 Å². The van der Waals surface area contributed by atoms with Crippen LogP contribution in [-0.2, 0) is 16.6 Å². The van der Waals surface area contributed by atoms with Crippen LogP contribution in [0.25, 0.3) is 5.69 Å². The Bertz CT molecular complexity index is 1440. The molecular formula is C27H24N2O3S. The normalized spacial score (nSPS) is 16.0. The van der Waals surface area contributed by atoms with Crippen LogP contribution in [0.2, 0.25) is 0 Å². The second-order valence-corrected chi connectivity index (χ2v) is 10.3. The van der Waals surface area contributed by atoms with E-state index in [4.69, 9.17) is 0 Å². The lowest BCUT2D eigenvalue weighted by Crippen LogP contribution is -2.34. The maximum Gasteiger partial charge on any atom is 0.244 e. The van der Waals surface area contributed by atoms with E-state index in [0.717, 1.165) is 28.1 Å². The molecule has 0 amide bonds. The summed E-state index contributed by atoms with van der Waals surface area (Å²) in [4.78, 5) is 11.9. The number of nitrogens with zero attached hydrogens (tertiary/aromatic N) is 2. The van der Waals surface area contributed by atoms with Crippen molar-refractivity contribution < 1.29 is 13.2 Å². The fourth-order valence-electron chi connectivity index (χ4n) is 4.43. The SMILES string of the molecule is CC(=O)c1ccc(S(=O)(=O)N2Cc3ccccc3-n3cccc3C2c2ccc(C)cc2)cc1. The number of carbonyl (C=O) groups is 1. The highest BCUT2D eigenvalue weighted by Crippen LogP contribution is 2.39. The van der Waals surface area contributed by atoms with E-state index < -0.39 is 16.1 Å². The molecule has 0 fully saturated rings. The van der Waals surface area contributed by atoms with Gasteiger partial charge in [0.15, 0.2) is 5.78 Å². The Hall–Kier alpha value is -3.48. The van der Waals surface area contributed by atoms with Crippen LogP contribution >= 0.6 is 0 Å². The van der Waals surface area contributed by atoms with Crippen molar-refractivity contribution >= 4 is 15.8 Å². The van der Waals surface area contributed by atoms with E-state index in [1.165, 1.54) is 19.1 Å². The molecule has 0 radical (unpaired) electrons. The molecule has 1 aromatic heterocycles. The minimum absolute atomic E-state index is 0.0991. The van der Waals surface area contributed by atoms with Gasteiger partial charge in [-0.15, -0.1) is 0 Å². The summed E-state index contributed by atoms with van der Waals surface area (Å²) < 4.78 is 31.7. The van der Waals surface area contributed by atoms with Crippen LogP contribution in [0.4, 0.5) is 0 Å². The van der Waals surface area contributed by atoms with Gasteiger partial charge in [-0.3, -0.25) is 4.79 Å². The summed E-state index contributed by atoms with van der Waals surface area (Å²) in [5, 5.41) is 0. The van der Waals surface area contributed by atoms with Gasteiger partial charge in [0.25, 0.3) is 0 Å². The standard InChI is InChI=1S/C27H24N2O3S/c1-19-9-11-22(12-10-19)27-26-8-5-17-28(26)25-7-4-3-6-23(25)18-29(27)33(31,32)24-15-13-21(14-16-24)20(2)30/h3-17,27H,18H2,1-2H3. The van der Waals surface area contributed by atoms with Crippen LogP contribution in [0.1, 0.15) is 45.7 Å². The average Bonchev–Trinajstić information content (AvgIpc) is 3.24. The van der Waals surface area contributed by atoms with Crippen molar-refractivity contribution in [1.82, 2.24) is 8.87 Å². The monoisotopic (exact) mass is 456 g/mol. The molecule has 2 heterocycles. The van der Waals surface area contributed by atoms with Crippen molar-refractivity contribution in [1.29, 1.82) is 0 Å². The van der Waals surface area contributed by atoms with E-state index in [0.29, 0.717) is 5.56 Å². The Morgan fingerprint density at radius 2 is 1.58 bits per heavy atom. The third kappa shape index (κ3) is 3.71. The third-order valence-electron chi connectivity index (χ3n) is 6.19. The molecule has 1 unspecified atom stereocenters. The number of carbonyl (C=O) groups excluding carboxylic acids is 1. The molecule has 1 atom stereocenters. The molecule has 1 aliphatic rings. The molecule has 0 aliphatic carbocycles. The quantitative estimate of drug-likeness (QED) is 0.393. The summed E-state index contributed by atoms with van der Waals surface area (Å²) >= 11 is 0. The summed E-state index contributed by atoms with van der Waals surface area (Å²) in [5.74, 6) is -0.0991. The predicted molar refractivity (Wildman–Crippen MR) is 128 cm³/mol.